The highest BCUT2D eigenvalue weighted by molar-refractivity contribution is 5.03. The summed E-state index contributed by atoms with van der Waals surface area (Å²) in [7, 11) is 0. The summed E-state index contributed by atoms with van der Waals surface area (Å²) in [5, 5.41) is 9.20. The van der Waals surface area contributed by atoms with E-state index in [9.17, 15) is 40.2 Å². The molecule has 1 aliphatic rings. The van der Waals surface area contributed by atoms with Gasteiger partial charge in [-0.05, 0) is 19.3 Å². The molecule has 0 heterocycles. The summed E-state index contributed by atoms with van der Waals surface area (Å²) in [5.74, 6) is -7.21. The molecule has 0 aromatic rings. The van der Waals surface area contributed by atoms with Crippen LogP contribution in [0.4, 0.5) is 35.1 Å². The summed E-state index contributed by atoms with van der Waals surface area (Å²) in [4.78, 5) is 0. The number of hydrogen-bond acceptors (Lipinski definition) is 1. The van der Waals surface area contributed by atoms with Crippen LogP contribution in [0, 0.1) is 11.8 Å². The third kappa shape index (κ3) is 2.73. The fourth-order valence-electron chi connectivity index (χ4n) is 2.67. The monoisotopic (exact) mass is 314 g/mol. The van der Waals surface area contributed by atoms with Crippen LogP contribution in [0.1, 0.15) is 32.6 Å². The van der Waals surface area contributed by atoms with Gasteiger partial charge in [0.2, 0.25) is 0 Å². The van der Waals surface area contributed by atoms with Gasteiger partial charge in [-0.25, -0.2) is 8.78 Å². The zero-order chi connectivity index (χ0) is 16.0. The van der Waals surface area contributed by atoms with Crippen LogP contribution in [0.2, 0.25) is 0 Å². The summed E-state index contributed by atoms with van der Waals surface area (Å²) in [6.07, 6.45) is -15.3. The smallest absolute Gasteiger partial charge is 0.373 e. The van der Waals surface area contributed by atoms with Gasteiger partial charge in [-0.2, -0.15) is 26.3 Å². The minimum absolute atomic E-state index is 0.255. The minimum Gasteiger partial charge on any atom is -0.373 e. The van der Waals surface area contributed by atoms with E-state index in [2.05, 4.69) is 0 Å². The molecule has 0 bridgehead atoms. The Morgan fingerprint density at radius 3 is 1.85 bits per heavy atom. The molecule has 0 amide bonds. The van der Waals surface area contributed by atoms with E-state index < -0.39 is 55.0 Å². The predicted molar refractivity (Wildman–Crippen MR) is 53.1 cm³/mol. The molecule has 9 heteroatoms. The van der Waals surface area contributed by atoms with Crippen molar-refractivity contribution >= 4 is 0 Å². The fourth-order valence-corrected chi connectivity index (χ4v) is 2.67. The molecule has 0 aliphatic heterocycles. The molecule has 2 unspecified atom stereocenters. The molecule has 1 saturated carbocycles. The van der Waals surface area contributed by atoms with Gasteiger partial charge in [0.25, 0.3) is 11.5 Å². The lowest BCUT2D eigenvalue weighted by molar-refractivity contribution is -0.390. The second-order valence-electron chi connectivity index (χ2n) is 5.10. The molecule has 1 fully saturated rings. The van der Waals surface area contributed by atoms with Crippen molar-refractivity contribution in [1.82, 2.24) is 0 Å². The molecule has 0 spiro atoms. The Hall–Kier alpha value is -0.600. The number of rotatable bonds is 2. The summed E-state index contributed by atoms with van der Waals surface area (Å²) >= 11 is 0. The van der Waals surface area contributed by atoms with Crippen LogP contribution in [0.5, 0.6) is 0 Å². The Balaban J connectivity index is 3.14. The average molecular weight is 314 g/mol. The third-order valence-electron chi connectivity index (χ3n) is 3.94. The number of hydrogen-bond donors (Lipinski definition) is 1. The van der Waals surface area contributed by atoms with E-state index in [0.717, 1.165) is 0 Å². The van der Waals surface area contributed by atoms with Crippen molar-refractivity contribution in [2.45, 2.75) is 56.5 Å². The maximum absolute atomic E-state index is 13.4. The molecule has 1 aliphatic carbocycles. The van der Waals surface area contributed by atoms with Crippen LogP contribution in [-0.2, 0) is 0 Å². The van der Waals surface area contributed by atoms with Crippen LogP contribution in [-0.4, -0.2) is 29.0 Å². The van der Waals surface area contributed by atoms with Crippen LogP contribution >= 0.6 is 0 Å². The molecule has 20 heavy (non-hydrogen) atoms. The van der Waals surface area contributed by atoms with Gasteiger partial charge in [0.1, 0.15) is 0 Å². The summed E-state index contributed by atoms with van der Waals surface area (Å²) in [6.45, 7) is 1.27. The first-order valence-corrected chi connectivity index (χ1v) is 6.01. The lowest BCUT2D eigenvalue weighted by Crippen LogP contribution is -2.63. The maximum atomic E-state index is 13.4. The first-order chi connectivity index (χ1) is 8.77. The molecule has 1 N–H and O–H groups in total. The third-order valence-corrected chi connectivity index (χ3v) is 3.94. The normalized spacial score (nSPS) is 28.5. The second-order valence-corrected chi connectivity index (χ2v) is 5.10. The van der Waals surface area contributed by atoms with Crippen molar-refractivity contribution in [3.05, 3.63) is 0 Å². The Labute approximate surface area is 110 Å². The first kappa shape index (κ1) is 17.5. The van der Waals surface area contributed by atoms with E-state index in [1.165, 1.54) is 6.92 Å². The standard InChI is InChI=1S/C11H14F8O/c1-2-6-5-7(3-4-8(6,12)13)9(20,10(14,15)16)11(17,18)19/h6-7,20H,2-5H2,1H3. The highest BCUT2D eigenvalue weighted by Crippen LogP contribution is 2.55. The zero-order valence-electron chi connectivity index (χ0n) is 10.5. The topological polar surface area (TPSA) is 20.2 Å². The Kier molecular flexibility index (Phi) is 4.36. The van der Waals surface area contributed by atoms with Crippen molar-refractivity contribution in [2.24, 2.45) is 11.8 Å². The lowest BCUT2D eigenvalue weighted by Gasteiger charge is -2.44. The number of alkyl halides is 8. The fraction of sp³-hybridized carbons (Fsp3) is 1.00. The highest BCUT2D eigenvalue weighted by atomic mass is 19.4. The van der Waals surface area contributed by atoms with Gasteiger partial charge in [-0.15, -0.1) is 0 Å². The largest absolute Gasteiger partial charge is 0.426 e. The minimum atomic E-state index is -5.96. The van der Waals surface area contributed by atoms with Crippen LogP contribution in [0.25, 0.3) is 0 Å². The molecule has 0 aromatic heterocycles. The van der Waals surface area contributed by atoms with Gasteiger partial charge in [-0.1, -0.05) is 6.92 Å². The van der Waals surface area contributed by atoms with E-state index in [0.29, 0.717) is 0 Å². The SMILES string of the molecule is CCC1CC(C(O)(C(F)(F)F)C(F)(F)F)CCC1(F)F. The molecule has 120 valence electrons. The van der Waals surface area contributed by atoms with Gasteiger partial charge in [0, 0.05) is 18.3 Å². The number of aliphatic hydroxyl groups is 1. The molecule has 2 atom stereocenters. The van der Waals surface area contributed by atoms with Gasteiger partial charge >= 0.3 is 12.4 Å². The molecular weight excluding hydrogens is 300 g/mol. The maximum Gasteiger partial charge on any atom is 0.426 e. The van der Waals surface area contributed by atoms with Gasteiger partial charge in [-0.3, -0.25) is 0 Å². The van der Waals surface area contributed by atoms with Crippen molar-refractivity contribution in [3.63, 3.8) is 0 Å². The van der Waals surface area contributed by atoms with Crippen LogP contribution in [0.3, 0.4) is 0 Å². The van der Waals surface area contributed by atoms with Crippen LogP contribution < -0.4 is 0 Å². The van der Waals surface area contributed by atoms with E-state index in [1.807, 2.05) is 0 Å². The van der Waals surface area contributed by atoms with E-state index in [4.69, 9.17) is 0 Å². The summed E-state index contributed by atoms with van der Waals surface area (Å²) in [6, 6.07) is 0. The molecule has 0 radical (unpaired) electrons. The Morgan fingerprint density at radius 1 is 1.05 bits per heavy atom. The molecular formula is C11H14F8O. The Morgan fingerprint density at radius 2 is 1.50 bits per heavy atom. The average Bonchev–Trinajstić information content (AvgIpc) is 2.24. The summed E-state index contributed by atoms with van der Waals surface area (Å²) < 4.78 is 103. The van der Waals surface area contributed by atoms with Crippen molar-refractivity contribution in [3.8, 4) is 0 Å². The van der Waals surface area contributed by atoms with Gasteiger partial charge in [0.05, 0.1) is 0 Å². The van der Waals surface area contributed by atoms with E-state index in [-0.39, 0.29) is 6.42 Å². The first-order valence-electron chi connectivity index (χ1n) is 6.01. The second kappa shape index (κ2) is 4.99. The zero-order valence-corrected chi connectivity index (χ0v) is 10.5. The summed E-state index contributed by atoms with van der Waals surface area (Å²) in [5.41, 5.74) is -4.94. The van der Waals surface area contributed by atoms with Gasteiger partial charge < -0.3 is 5.11 Å². The van der Waals surface area contributed by atoms with Crippen molar-refractivity contribution in [1.29, 1.82) is 0 Å². The Bertz CT molecular complexity index is 331. The number of halogens is 8. The van der Waals surface area contributed by atoms with Crippen molar-refractivity contribution < 1.29 is 40.2 Å². The quantitative estimate of drug-likeness (QED) is 0.753. The van der Waals surface area contributed by atoms with Gasteiger partial charge in [0.15, 0.2) is 0 Å². The lowest BCUT2D eigenvalue weighted by atomic mass is 9.69. The molecule has 1 nitrogen and oxygen atoms in total. The van der Waals surface area contributed by atoms with Crippen molar-refractivity contribution in [2.75, 3.05) is 0 Å². The molecule has 0 aromatic carbocycles. The van der Waals surface area contributed by atoms with E-state index >= 15 is 0 Å². The van der Waals surface area contributed by atoms with E-state index in [1.54, 1.807) is 0 Å². The molecule has 0 saturated heterocycles. The molecule has 1 rings (SSSR count). The van der Waals surface area contributed by atoms with Crippen LogP contribution in [0.15, 0.2) is 0 Å². The highest BCUT2D eigenvalue weighted by Gasteiger charge is 2.74. The predicted octanol–water partition coefficient (Wildman–Crippen LogP) is 4.30.